The van der Waals surface area contributed by atoms with Gasteiger partial charge in [0.1, 0.15) is 6.26 Å². The van der Waals surface area contributed by atoms with Crippen molar-refractivity contribution in [2.24, 2.45) is 0 Å². The number of benzene rings is 1. The number of hydrogen-bond donors (Lipinski definition) is 1. The van der Waals surface area contributed by atoms with Crippen LogP contribution in [0.4, 0.5) is 0 Å². The lowest BCUT2D eigenvalue weighted by atomic mass is 10.1. The fourth-order valence-electron chi connectivity index (χ4n) is 1.90. The largest absolute Gasteiger partial charge is 0.449 e. The molecule has 100 valence electrons. The molecule has 0 bridgehead atoms. The second kappa shape index (κ2) is 6.18. The van der Waals surface area contributed by atoms with Gasteiger partial charge in [-0.05, 0) is 18.1 Å². The molecule has 0 atom stereocenters. The summed E-state index contributed by atoms with van der Waals surface area (Å²) in [7, 11) is 0. The van der Waals surface area contributed by atoms with Crippen LogP contribution >= 0.6 is 0 Å². The highest BCUT2D eigenvalue weighted by Gasteiger charge is 2.06. The summed E-state index contributed by atoms with van der Waals surface area (Å²) in [6.45, 7) is 4.40. The Morgan fingerprint density at radius 3 is 2.79 bits per heavy atom. The second-order valence-corrected chi connectivity index (χ2v) is 4.56. The van der Waals surface area contributed by atoms with Gasteiger partial charge in [0.25, 0.3) is 0 Å². The van der Waals surface area contributed by atoms with Gasteiger partial charge in [-0.15, -0.1) is 0 Å². The minimum Gasteiger partial charge on any atom is -0.449 e. The molecule has 1 amide bonds. The maximum atomic E-state index is 11.8. The SMILES string of the molecule is Cc1nc(CCNC(=O)Cc2ccccc2C)co1. The van der Waals surface area contributed by atoms with Gasteiger partial charge in [0, 0.05) is 19.9 Å². The van der Waals surface area contributed by atoms with Gasteiger partial charge in [0.2, 0.25) is 5.91 Å². The summed E-state index contributed by atoms with van der Waals surface area (Å²) in [6, 6.07) is 7.92. The Balaban J connectivity index is 1.77. The van der Waals surface area contributed by atoms with E-state index in [1.807, 2.05) is 31.2 Å². The van der Waals surface area contributed by atoms with E-state index in [4.69, 9.17) is 4.42 Å². The van der Waals surface area contributed by atoms with Crippen LogP contribution in [-0.4, -0.2) is 17.4 Å². The Labute approximate surface area is 112 Å². The molecular formula is C15H18N2O2. The van der Waals surface area contributed by atoms with Crippen molar-refractivity contribution in [3.8, 4) is 0 Å². The van der Waals surface area contributed by atoms with E-state index >= 15 is 0 Å². The Morgan fingerprint density at radius 1 is 1.32 bits per heavy atom. The monoisotopic (exact) mass is 258 g/mol. The molecule has 0 aliphatic heterocycles. The van der Waals surface area contributed by atoms with E-state index in [0.29, 0.717) is 25.3 Å². The maximum absolute atomic E-state index is 11.8. The Kier molecular flexibility index (Phi) is 4.34. The summed E-state index contributed by atoms with van der Waals surface area (Å²) < 4.78 is 5.11. The molecule has 0 aliphatic carbocycles. The van der Waals surface area contributed by atoms with E-state index in [0.717, 1.165) is 16.8 Å². The van der Waals surface area contributed by atoms with Crippen molar-refractivity contribution in [2.75, 3.05) is 6.54 Å². The first-order valence-corrected chi connectivity index (χ1v) is 6.37. The smallest absolute Gasteiger partial charge is 0.224 e. The lowest BCUT2D eigenvalue weighted by molar-refractivity contribution is -0.120. The molecular weight excluding hydrogens is 240 g/mol. The van der Waals surface area contributed by atoms with E-state index in [9.17, 15) is 4.79 Å². The van der Waals surface area contributed by atoms with Crippen molar-refractivity contribution >= 4 is 5.91 Å². The number of amides is 1. The molecule has 0 spiro atoms. The quantitative estimate of drug-likeness (QED) is 0.894. The van der Waals surface area contributed by atoms with Crippen LogP contribution in [0.3, 0.4) is 0 Å². The van der Waals surface area contributed by atoms with E-state index in [1.165, 1.54) is 0 Å². The average Bonchev–Trinajstić information content (AvgIpc) is 2.78. The summed E-state index contributed by atoms with van der Waals surface area (Å²) >= 11 is 0. The number of hydrogen-bond acceptors (Lipinski definition) is 3. The lowest BCUT2D eigenvalue weighted by Crippen LogP contribution is -2.27. The standard InChI is InChI=1S/C15H18N2O2/c1-11-5-3-4-6-13(11)9-15(18)16-8-7-14-10-19-12(2)17-14/h3-6,10H,7-9H2,1-2H3,(H,16,18). The molecule has 0 aliphatic rings. The zero-order chi connectivity index (χ0) is 13.7. The van der Waals surface area contributed by atoms with Gasteiger partial charge in [0.05, 0.1) is 12.1 Å². The van der Waals surface area contributed by atoms with E-state index in [1.54, 1.807) is 13.2 Å². The number of nitrogens with zero attached hydrogens (tertiary/aromatic N) is 1. The first-order valence-electron chi connectivity index (χ1n) is 6.37. The van der Waals surface area contributed by atoms with Crippen LogP contribution in [0.25, 0.3) is 0 Å². The number of aromatic nitrogens is 1. The van der Waals surface area contributed by atoms with Gasteiger partial charge in [-0.3, -0.25) is 4.79 Å². The summed E-state index contributed by atoms with van der Waals surface area (Å²) in [4.78, 5) is 16.0. The van der Waals surface area contributed by atoms with Crippen molar-refractivity contribution in [3.05, 3.63) is 53.2 Å². The zero-order valence-electron chi connectivity index (χ0n) is 11.3. The van der Waals surface area contributed by atoms with Crippen molar-refractivity contribution in [1.82, 2.24) is 10.3 Å². The first kappa shape index (κ1) is 13.3. The lowest BCUT2D eigenvalue weighted by Gasteiger charge is -2.06. The van der Waals surface area contributed by atoms with E-state index in [2.05, 4.69) is 10.3 Å². The Hall–Kier alpha value is -2.10. The normalized spacial score (nSPS) is 10.4. The van der Waals surface area contributed by atoms with Crippen molar-refractivity contribution in [1.29, 1.82) is 0 Å². The maximum Gasteiger partial charge on any atom is 0.224 e. The van der Waals surface area contributed by atoms with Crippen LogP contribution in [0.5, 0.6) is 0 Å². The molecule has 1 aromatic heterocycles. The van der Waals surface area contributed by atoms with Gasteiger partial charge in [-0.2, -0.15) is 0 Å². The number of carbonyl (C=O) groups excluding carboxylic acids is 1. The van der Waals surface area contributed by atoms with Crippen LogP contribution in [0.15, 0.2) is 34.9 Å². The molecule has 0 unspecified atom stereocenters. The number of aryl methyl sites for hydroxylation is 2. The summed E-state index contributed by atoms with van der Waals surface area (Å²) in [5, 5.41) is 2.90. The molecule has 0 saturated carbocycles. The molecule has 1 heterocycles. The second-order valence-electron chi connectivity index (χ2n) is 4.56. The highest BCUT2D eigenvalue weighted by molar-refractivity contribution is 5.78. The molecule has 1 aromatic carbocycles. The number of carbonyl (C=O) groups is 1. The number of oxazole rings is 1. The molecule has 4 heteroatoms. The molecule has 0 radical (unpaired) electrons. The highest BCUT2D eigenvalue weighted by atomic mass is 16.3. The molecule has 0 saturated heterocycles. The fraction of sp³-hybridized carbons (Fsp3) is 0.333. The highest BCUT2D eigenvalue weighted by Crippen LogP contribution is 2.07. The van der Waals surface area contributed by atoms with Gasteiger partial charge in [-0.1, -0.05) is 24.3 Å². The predicted octanol–water partition coefficient (Wildman–Crippen LogP) is 2.19. The molecule has 1 N–H and O–H groups in total. The molecule has 4 nitrogen and oxygen atoms in total. The average molecular weight is 258 g/mol. The summed E-state index contributed by atoms with van der Waals surface area (Å²) in [5.41, 5.74) is 3.08. The third-order valence-corrected chi connectivity index (χ3v) is 2.98. The van der Waals surface area contributed by atoms with Crippen LogP contribution < -0.4 is 5.32 Å². The number of rotatable bonds is 5. The predicted molar refractivity (Wildman–Crippen MR) is 72.8 cm³/mol. The van der Waals surface area contributed by atoms with E-state index in [-0.39, 0.29) is 5.91 Å². The van der Waals surface area contributed by atoms with Gasteiger partial charge < -0.3 is 9.73 Å². The Bertz CT molecular complexity index is 561. The van der Waals surface area contributed by atoms with Gasteiger partial charge in [0.15, 0.2) is 5.89 Å². The molecule has 19 heavy (non-hydrogen) atoms. The third kappa shape index (κ3) is 3.95. The van der Waals surface area contributed by atoms with Crippen LogP contribution in [0.2, 0.25) is 0 Å². The van der Waals surface area contributed by atoms with Crippen LogP contribution in [0, 0.1) is 13.8 Å². The Morgan fingerprint density at radius 2 is 2.11 bits per heavy atom. The molecule has 0 fully saturated rings. The topological polar surface area (TPSA) is 55.1 Å². The summed E-state index contributed by atoms with van der Waals surface area (Å²) in [6.07, 6.45) is 2.74. The van der Waals surface area contributed by atoms with Gasteiger partial charge in [-0.25, -0.2) is 4.98 Å². The zero-order valence-corrected chi connectivity index (χ0v) is 11.3. The third-order valence-electron chi connectivity index (χ3n) is 2.98. The minimum atomic E-state index is 0.0366. The first-order chi connectivity index (χ1) is 9.15. The fourth-order valence-corrected chi connectivity index (χ4v) is 1.90. The van der Waals surface area contributed by atoms with Crippen LogP contribution in [0.1, 0.15) is 22.7 Å². The number of nitrogens with one attached hydrogen (secondary N) is 1. The van der Waals surface area contributed by atoms with Crippen LogP contribution in [-0.2, 0) is 17.6 Å². The molecule has 2 rings (SSSR count). The van der Waals surface area contributed by atoms with Crippen molar-refractivity contribution in [2.45, 2.75) is 26.7 Å². The molecule has 2 aromatic rings. The van der Waals surface area contributed by atoms with Gasteiger partial charge >= 0.3 is 0 Å². The van der Waals surface area contributed by atoms with Crippen molar-refractivity contribution in [3.63, 3.8) is 0 Å². The van der Waals surface area contributed by atoms with E-state index < -0.39 is 0 Å². The van der Waals surface area contributed by atoms with Crippen molar-refractivity contribution < 1.29 is 9.21 Å². The summed E-state index contributed by atoms with van der Waals surface area (Å²) in [5.74, 6) is 0.691. The minimum absolute atomic E-state index is 0.0366.